The topological polar surface area (TPSA) is 36.9 Å². The molecule has 1 aliphatic heterocycles. The largest absolute Gasteiger partial charge is 0.487 e. The van der Waals surface area contributed by atoms with E-state index in [9.17, 15) is 0 Å². The van der Waals surface area contributed by atoms with Crippen molar-refractivity contribution in [2.24, 2.45) is 5.41 Å². The Bertz CT molecular complexity index is 417. The molecule has 0 radical (unpaired) electrons. The van der Waals surface area contributed by atoms with Crippen molar-refractivity contribution in [1.29, 1.82) is 0 Å². The van der Waals surface area contributed by atoms with Gasteiger partial charge in [0.25, 0.3) is 0 Å². The van der Waals surface area contributed by atoms with Gasteiger partial charge in [-0.3, -0.25) is 0 Å². The van der Waals surface area contributed by atoms with Crippen LogP contribution in [0.4, 0.5) is 0 Å². The Hall–Kier alpha value is 1.47. The molecular formula is C9H13Br2O4P3S. The third kappa shape index (κ3) is 4.02. The highest BCUT2D eigenvalue weighted by Crippen LogP contribution is 2.50. The van der Waals surface area contributed by atoms with Gasteiger partial charge in [-0.05, 0) is 31.9 Å². The highest BCUT2D eigenvalue weighted by atomic mass is 79.9. The summed E-state index contributed by atoms with van der Waals surface area (Å²) in [6, 6.07) is 0. The molecule has 0 saturated heterocycles. The van der Waals surface area contributed by atoms with Gasteiger partial charge in [0.15, 0.2) is 11.5 Å². The van der Waals surface area contributed by atoms with Crippen molar-refractivity contribution < 1.29 is 18.5 Å². The minimum Gasteiger partial charge on any atom is -0.487 e. The molecule has 108 valence electrons. The molecule has 0 amide bonds. The Balaban J connectivity index is 2.17. The lowest BCUT2D eigenvalue weighted by Gasteiger charge is -2.29. The fourth-order valence-corrected chi connectivity index (χ4v) is 5.52. The smallest absolute Gasteiger partial charge is 0.187 e. The van der Waals surface area contributed by atoms with E-state index in [2.05, 4.69) is 50.3 Å². The molecule has 0 bridgehead atoms. The third-order valence-corrected chi connectivity index (χ3v) is 6.04. The predicted octanol–water partition coefficient (Wildman–Crippen LogP) is 4.24. The molecule has 1 aliphatic rings. The van der Waals surface area contributed by atoms with Crippen LogP contribution in [0.5, 0.6) is 11.5 Å². The Morgan fingerprint density at radius 1 is 1.21 bits per heavy atom. The molecule has 2 rings (SSSR count). The molecule has 1 aromatic heterocycles. The zero-order valence-corrected chi connectivity index (χ0v) is 17.1. The SMILES string of the molecule is POCC1(COPP)COc2c(Br)sc(Br)c2OC1. The first kappa shape index (κ1) is 16.8. The molecule has 0 aliphatic carbocycles. The highest BCUT2D eigenvalue weighted by Gasteiger charge is 2.37. The summed E-state index contributed by atoms with van der Waals surface area (Å²) in [7, 11) is 5.19. The van der Waals surface area contributed by atoms with Crippen molar-refractivity contribution in [3.63, 3.8) is 0 Å². The van der Waals surface area contributed by atoms with Crippen molar-refractivity contribution in [3.05, 3.63) is 7.57 Å². The molecule has 2 heterocycles. The Kier molecular flexibility index (Phi) is 6.78. The summed E-state index contributed by atoms with van der Waals surface area (Å²) >= 11 is 8.50. The molecule has 1 aromatic rings. The van der Waals surface area contributed by atoms with Gasteiger partial charge in [-0.15, -0.1) is 11.3 Å². The second kappa shape index (κ2) is 7.65. The predicted molar refractivity (Wildman–Crippen MR) is 92.8 cm³/mol. The zero-order valence-electron chi connectivity index (χ0n) is 9.78. The van der Waals surface area contributed by atoms with E-state index in [0.717, 1.165) is 19.1 Å². The van der Waals surface area contributed by atoms with E-state index in [-0.39, 0.29) is 5.41 Å². The quantitative estimate of drug-likeness (QED) is 0.604. The third-order valence-electron chi connectivity index (χ3n) is 2.64. The minimum absolute atomic E-state index is 0.305. The van der Waals surface area contributed by atoms with Crippen LogP contribution in [0.25, 0.3) is 0 Å². The van der Waals surface area contributed by atoms with Crippen LogP contribution in [-0.2, 0) is 9.05 Å². The molecule has 4 nitrogen and oxygen atoms in total. The van der Waals surface area contributed by atoms with Crippen molar-refractivity contribution in [1.82, 2.24) is 0 Å². The average molecular weight is 470 g/mol. The van der Waals surface area contributed by atoms with Gasteiger partial charge in [-0.25, -0.2) is 0 Å². The van der Waals surface area contributed by atoms with Gasteiger partial charge in [0.05, 0.1) is 18.6 Å². The van der Waals surface area contributed by atoms with Crippen LogP contribution in [0, 0.1) is 5.41 Å². The first-order valence-corrected chi connectivity index (χ1v) is 10.8. The lowest BCUT2D eigenvalue weighted by atomic mass is 9.93. The molecular weight excluding hydrogens is 457 g/mol. The summed E-state index contributed by atoms with van der Waals surface area (Å²) in [6.07, 6.45) is 0. The maximum absolute atomic E-state index is 5.90. The van der Waals surface area contributed by atoms with Crippen molar-refractivity contribution in [3.8, 4) is 11.5 Å². The average Bonchev–Trinajstić information content (AvgIpc) is 2.56. The molecule has 19 heavy (non-hydrogen) atoms. The normalized spacial score (nSPS) is 17.9. The van der Waals surface area contributed by atoms with Crippen molar-refractivity contribution >= 4 is 70.1 Å². The van der Waals surface area contributed by atoms with Gasteiger partial charge >= 0.3 is 0 Å². The summed E-state index contributed by atoms with van der Waals surface area (Å²) in [5.41, 5.74) is -0.305. The lowest BCUT2D eigenvalue weighted by Crippen LogP contribution is -2.41. The molecule has 3 unspecified atom stereocenters. The standard InChI is InChI=1S/C9H13Br2O4P3S/c10-7-5-6(8(11)19-7)13-2-9(1-12-5,3-14-16)4-15-18-17/h18H,1-4,16-17H2. The summed E-state index contributed by atoms with van der Waals surface area (Å²) in [5.74, 6) is 1.49. The van der Waals surface area contributed by atoms with Gasteiger partial charge in [-0.2, -0.15) is 0 Å². The van der Waals surface area contributed by atoms with E-state index >= 15 is 0 Å². The molecule has 0 spiro atoms. The number of hydrogen-bond acceptors (Lipinski definition) is 5. The van der Waals surface area contributed by atoms with Gasteiger partial charge in [0.1, 0.15) is 20.8 Å². The van der Waals surface area contributed by atoms with Crippen LogP contribution in [-0.4, -0.2) is 26.4 Å². The fraction of sp³-hybridized carbons (Fsp3) is 0.556. The van der Waals surface area contributed by atoms with Gasteiger partial charge in [-0.1, -0.05) is 8.93 Å². The maximum Gasteiger partial charge on any atom is 0.187 e. The second-order valence-corrected chi connectivity index (χ2v) is 9.32. The summed E-state index contributed by atoms with van der Waals surface area (Å²) in [4.78, 5) is 0. The van der Waals surface area contributed by atoms with Gasteiger partial charge in [0, 0.05) is 18.0 Å². The summed E-state index contributed by atoms with van der Waals surface area (Å²) < 4.78 is 24.4. The number of halogens is 2. The molecule has 0 fully saturated rings. The molecule has 10 heteroatoms. The van der Waals surface area contributed by atoms with Gasteiger partial charge in [0.2, 0.25) is 0 Å². The van der Waals surface area contributed by atoms with Crippen molar-refractivity contribution in [2.45, 2.75) is 0 Å². The first-order chi connectivity index (χ1) is 9.12. The number of hydrogen-bond donors (Lipinski definition) is 0. The first-order valence-electron chi connectivity index (χ1n) is 5.24. The van der Waals surface area contributed by atoms with E-state index in [0.29, 0.717) is 34.9 Å². The van der Waals surface area contributed by atoms with E-state index in [1.54, 1.807) is 11.3 Å². The summed E-state index contributed by atoms with van der Waals surface area (Å²) in [6.45, 7) is 2.01. The summed E-state index contributed by atoms with van der Waals surface area (Å²) in [5, 5.41) is 0. The molecule has 0 N–H and O–H groups in total. The maximum atomic E-state index is 5.90. The van der Waals surface area contributed by atoms with Crippen LogP contribution in [0.15, 0.2) is 7.57 Å². The van der Waals surface area contributed by atoms with E-state index < -0.39 is 0 Å². The molecule has 0 aromatic carbocycles. The molecule has 0 saturated carbocycles. The Morgan fingerprint density at radius 2 is 1.79 bits per heavy atom. The van der Waals surface area contributed by atoms with Gasteiger partial charge < -0.3 is 18.5 Å². The fourth-order valence-electron chi connectivity index (χ4n) is 1.67. The monoisotopic (exact) mass is 468 g/mol. The van der Waals surface area contributed by atoms with Crippen LogP contribution in [0.1, 0.15) is 0 Å². The van der Waals surface area contributed by atoms with E-state index in [1.807, 2.05) is 0 Å². The Labute approximate surface area is 139 Å². The number of fused-ring (bicyclic) bond motifs is 1. The number of rotatable bonds is 5. The van der Waals surface area contributed by atoms with Crippen LogP contribution in [0.2, 0.25) is 0 Å². The second-order valence-electron chi connectivity index (χ2n) is 4.10. The van der Waals surface area contributed by atoms with Crippen LogP contribution < -0.4 is 9.47 Å². The van der Waals surface area contributed by atoms with E-state index in [1.165, 1.54) is 0 Å². The number of thiophene rings is 1. The van der Waals surface area contributed by atoms with E-state index in [4.69, 9.17) is 18.5 Å². The van der Waals surface area contributed by atoms with Crippen LogP contribution >= 0.6 is 70.1 Å². The zero-order chi connectivity index (χ0) is 13.9. The lowest BCUT2D eigenvalue weighted by molar-refractivity contribution is 0.0199. The highest BCUT2D eigenvalue weighted by molar-refractivity contribution is 9.12. The Morgan fingerprint density at radius 3 is 2.26 bits per heavy atom. The number of ether oxygens (including phenoxy) is 2. The van der Waals surface area contributed by atoms with Crippen LogP contribution in [0.3, 0.4) is 0 Å². The minimum atomic E-state index is -0.305. The van der Waals surface area contributed by atoms with Crippen molar-refractivity contribution in [2.75, 3.05) is 26.4 Å². The molecule has 3 atom stereocenters.